The molecule has 0 saturated heterocycles. The Morgan fingerprint density at radius 2 is 2.22 bits per heavy atom. The van der Waals surface area contributed by atoms with Crippen LogP contribution in [0.1, 0.15) is 25.3 Å². The van der Waals surface area contributed by atoms with Crippen molar-refractivity contribution in [1.29, 1.82) is 0 Å². The minimum atomic E-state index is -0.255. The Balaban J connectivity index is 2.48. The zero-order valence-corrected chi connectivity index (χ0v) is 11.3. The van der Waals surface area contributed by atoms with Crippen LogP contribution in [-0.4, -0.2) is 19.3 Å². The molecule has 0 spiro atoms. The van der Waals surface area contributed by atoms with E-state index in [1.165, 1.54) is 12.1 Å². The second-order valence-electron chi connectivity index (χ2n) is 4.20. The molecular formula is C13H20ClFN2O. The van der Waals surface area contributed by atoms with Crippen molar-refractivity contribution in [2.24, 2.45) is 5.84 Å². The summed E-state index contributed by atoms with van der Waals surface area (Å²) in [5.41, 5.74) is 3.25. The van der Waals surface area contributed by atoms with Crippen LogP contribution in [0.25, 0.3) is 0 Å². The molecular weight excluding hydrogens is 255 g/mol. The molecule has 0 aliphatic heterocycles. The fourth-order valence-electron chi connectivity index (χ4n) is 1.68. The van der Waals surface area contributed by atoms with Gasteiger partial charge in [0.2, 0.25) is 0 Å². The standard InChI is InChI=1S/C13H20ClFN2O/c1-2-6-18-7-5-12(17-16)9-10-8-11(14)3-4-13(10)15/h3-4,8,12,17H,2,5-7,9,16H2,1H3. The second-order valence-corrected chi connectivity index (χ2v) is 4.64. The molecule has 0 saturated carbocycles. The normalized spacial score (nSPS) is 12.7. The van der Waals surface area contributed by atoms with Gasteiger partial charge in [0.05, 0.1) is 0 Å². The summed E-state index contributed by atoms with van der Waals surface area (Å²) in [6.45, 7) is 3.41. The van der Waals surface area contributed by atoms with Crippen LogP contribution in [0.3, 0.4) is 0 Å². The molecule has 0 aromatic heterocycles. The predicted octanol–water partition coefficient (Wildman–Crippen LogP) is 2.67. The number of rotatable bonds is 8. The van der Waals surface area contributed by atoms with Crippen LogP contribution in [0.4, 0.5) is 4.39 Å². The molecule has 1 aromatic carbocycles. The van der Waals surface area contributed by atoms with Gasteiger partial charge in [0, 0.05) is 24.3 Å². The van der Waals surface area contributed by atoms with Crippen LogP contribution >= 0.6 is 11.6 Å². The lowest BCUT2D eigenvalue weighted by Crippen LogP contribution is -2.37. The van der Waals surface area contributed by atoms with Gasteiger partial charge >= 0.3 is 0 Å². The number of nitrogens with two attached hydrogens (primary N) is 1. The van der Waals surface area contributed by atoms with Crippen LogP contribution in [-0.2, 0) is 11.2 Å². The number of nitrogens with one attached hydrogen (secondary N) is 1. The van der Waals surface area contributed by atoms with Gasteiger partial charge in [-0.05, 0) is 43.0 Å². The molecule has 0 aliphatic carbocycles. The van der Waals surface area contributed by atoms with Gasteiger partial charge < -0.3 is 4.74 Å². The number of hydrogen-bond acceptors (Lipinski definition) is 3. The van der Waals surface area contributed by atoms with Crippen LogP contribution in [0.2, 0.25) is 5.02 Å². The van der Waals surface area contributed by atoms with E-state index in [0.717, 1.165) is 19.4 Å². The molecule has 1 rings (SSSR count). The Labute approximate surface area is 112 Å². The first kappa shape index (κ1) is 15.4. The smallest absolute Gasteiger partial charge is 0.126 e. The number of halogens is 2. The Hall–Kier alpha value is -0.680. The third kappa shape index (κ3) is 5.31. The zero-order valence-electron chi connectivity index (χ0n) is 10.6. The summed E-state index contributed by atoms with van der Waals surface area (Å²) >= 11 is 5.85. The van der Waals surface area contributed by atoms with Gasteiger partial charge in [0.25, 0.3) is 0 Å². The van der Waals surface area contributed by atoms with Crippen molar-refractivity contribution in [3.8, 4) is 0 Å². The molecule has 3 nitrogen and oxygen atoms in total. The molecule has 0 fully saturated rings. The van der Waals surface area contributed by atoms with Crippen LogP contribution in [0.5, 0.6) is 0 Å². The minimum absolute atomic E-state index is 0.0187. The van der Waals surface area contributed by atoms with Crippen LogP contribution in [0.15, 0.2) is 18.2 Å². The third-order valence-corrected chi connectivity index (χ3v) is 2.90. The topological polar surface area (TPSA) is 47.3 Å². The van der Waals surface area contributed by atoms with Crippen molar-refractivity contribution in [3.05, 3.63) is 34.6 Å². The highest BCUT2D eigenvalue weighted by Crippen LogP contribution is 2.17. The van der Waals surface area contributed by atoms with Crippen molar-refractivity contribution >= 4 is 11.6 Å². The molecule has 0 aliphatic rings. The lowest BCUT2D eigenvalue weighted by Gasteiger charge is -2.16. The molecule has 0 radical (unpaired) electrons. The van der Waals surface area contributed by atoms with Gasteiger partial charge in [-0.2, -0.15) is 0 Å². The zero-order chi connectivity index (χ0) is 13.4. The molecule has 3 N–H and O–H groups in total. The molecule has 1 unspecified atom stereocenters. The molecule has 18 heavy (non-hydrogen) atoms. The predicted molar refractivity (Wildman–Crippen MR) is 72.0 cm³/mol. The lowest BCUT2D eigenvalue weighted by atomic mass is 10.0. The van der Waals surface area contributed by atoms with Crippen molar-refractivity contribution < 1.29 is 9.13 Å². The molecule has 0 heterocycles. The summed E-state index contributed by atoms with van der Waals surface area (Å²) in [4.78, 5) is 0. The Morgan fingerprint density at radius 3 is 2.89 bits per heavy atom. The fourth-order valence-corrected chi connectivity index (χ4v) is 1.88. The highest BCUT2D eigenvalue weighted by Gasteiger charge is 2.11. The van der Waals surface area contributed by atoms with E-state index in [0.29, 0.717) is 23.6 Å². The summed E-state index contributed by atoms with van der Waals surface area (Å²) in [6, 6.07) is 4.53. The monoisotopic (exact) mass is 274 g/mol. The highest BCUT2D eigenvalue weighted by molar-refractivity contribution is 6.30. The molecule has 1 atom stereocenters. The fraction of sp³-hybridized carbons (Fsp3) is 0.538. The molecule has 102 valence electrons. The average molecular weight is 275 g/mol. The Morgan fingerprint density at radius 1 is 1.44 bits per heavy atom. The van der Waals surface area contributed by atoms with Crippen molar-refractivity contribution in [1.82, 2.24) is 5.43 Å². The maximum atomic E-state index is 13.6. The van der Waals surface area contributed by atoms with Gasteiger partial charge in [0.1, 0.15) is 5.82 Å². The van der Waals surface area contributed by atoms with Gasteiger partial charge in [0.15, 0.2) is 0 Å². The van der Waals surface area contributed by atoms with Gasteiger partial charge in [-0.25, -0.2) is 4.39 Å². The van der Waals surface area contributed by atoms with Crippen LogP contribution in [0, 0.1) is 5.82 Å². The summed E-state index contributed by atoms with van der Waals surface area (Å²) in [7, 11) is 0. The molecule has 0 bridgehead atoms. The quantitative estimate of drug-likeness (QED) is 0.435. The summed E-state index contributed by atoms with van der Waals surface area (Å²) in [5.74, 6) is 5.21. The van der Waals surface area contributed by atoms with E-state index in [1.54, 1.807) is 6.07 Å². The van der Waals surface area contributed by atoms with Crippen molar-refractivity contribution in [2.75, 3.05) is 13.2 Å². The number of hydrogen-bond donors (Lipinski definition) is 2. The molecule has 5 heteroatoms. The average Bonchev–Trinajstić information content (AvgIpc) is 2.37. The number of hydrazine groups is 1. The second kappa shape index (κ2) is 8.43. The van der Waals surface area contributed by atoms with E-state index in [4.69, 9.17) is 22.2 Å². The molecule has 1 aromatic rings. The number of ether oxygens (including phenoxy) is 1. The Kier molecular flexibility index (Phi) is 7.20. The van der Waals surface area contributed by atoms with Gasteiger partial charge in [-0.15, -0.1) is 0 Å². The summed E-state index contributed by atoms with van der Waals surface area (Å²) in [6.07, 6.45) is 2.23. The van der Waals surface area contributed by atoms with Crippen molar-refractivity contribution in [3.63, 3.8) is 0 Å². The van der Waals surface area contributed by atoms with E-state index in [9.17, 15) is 4.39 Å². The Bertz CT molecular complexity index is 363. The minimum Gasteiger partial charge on any atom is -0.381 e. The van der Waals surface area contributed by atoms with Crippen LogP contribution < -0.4 is 11.3 Å². The van der Waals surface area contributed by atoms with E-state index in [2.05, 4.69) is 12.3 Å². The largest absolute Gasteiger partial charge is 0.381 e. The van der Waals surface area contributed by atoms with E-state index < -0.39 is 0 Å². The van der Waals surface area contributed by atoms with E-state index in [-0.39, 0.29) is 11.9 Å². The highest BCUT2D eigenvalue weighted by atomic mass is 35.5. The first-order valence-corrected chi connectivity index (χ1v) is 6.53. The SMILES string of the molecule is CCCOCCC(Cc1cc(Cl)ccc1F)NN. The first-order chi connectivity index (χ1) is 8.67. The summed E-state index contributed by atoms with van der Waals surface area (Å²) in [5, 5.41) is 0.532. The number of benzene rings is 1. The van der Waals surface area contributed by atoms with Gasteiger partial charge in [-0.1, -0.05) is 18.5 Å². The maximum absolute atomic E-state index is 13.6. The van der Waals surface area contributed by atoms with Gasteiger partial charge in [-0.3, -0.25) is 11.3 Å². The van der Waals surface area contributed by atoms with E-state index >= 15 is 0 Å². The lowest BCUT2D eigenvalue weighted by molar-refractivity contribution is 0.124. The van der Waals surface area contributed by atoms with E-state index in [1.807, 2.05) is 0 Å². The molecule has 0 amide bonds. The van der Waals surface area contributed by atoms with Crippen molar-refractivity contribution in [2.45, 2.75) is 32.2 Å². The first-order valence-electron chi connectivity index (χ1n) is 6.15. The summed E-state index contributed by atoms with van der Waals surface area (Å²) < 4.78 is 18.9. The maximum Gasteiger partial charge on any atom is 0.126 e. The third-order valence-electron chi connectivity index (χ3n) is 2.67.